The lowest BCUT2D eigenvalue weighted by Crippen LogP contribution is -2.39. The zero-order valence-electron chi connectivity index (χ0n) is 17.0. The van der Waals surface area contributed by atoms with Crippen molar-refractivity contribution in [1.82, 2.24) is 20.8 Å². The average molecular weight is 485 g/mol. The van der Waals surface area contributed by atoms with Crippen molar-refractivity contribution in [3.63, 3.8) is 0 Å². The van der Waals surface area contributed by atoms with Crippen molar-refractivity contribution in [2.24, 2.45) is 4.99 Å². The van der Waals surface area contributed by atoms with Gasteiger partial charge in [0.05, 0.1) is 0 Å². The van der Waals surface area contributed by atoms with E-state index in [1.165, 1.54) is 11.1 Å². The fourth-order valence-corrected chi connectivity index (χ4v) is 2.53. The Morgan fingerprint density at radius 3 is 2.44 bits per heavy atom. The maximum absolute atomic E-state index is 5.26. The summed E-state index contributed by atoms with van der Waals surface area (Å²) in [5.41, 5.74) is 2.61. The molecule has 0 aliphatic carbocycles. The number of aryl methyl sites for hydroxylation is 2. The van der Waals surface area contributed by atoms with Crippen LogP contribution in [0.25, 0.3) is 0 Å². The summed E-state index contributed by atoms with van der Waals surface area (Å²) in [6, 6.07) is 8.68. The van der Waals surface area contributed by atoms with Crippen LogP contribution in [0.15, 0.2) is 33.8 Å². The van der Waals surface area contributed by atoms with Gasteiger partial charge in [0.25, 0.3) is 0 Å². The number of rotatable bonds is 8. The summed E-state index contributed by atoms with van der Waals surface area (Å²) in [6.07, 6.45) is 1.68. The number of aliphatic imine (C=N–C) groups is 1. The van der Waals surface area contributed by atoms with E-state index in [4.69, 9.17) is 4.52 Å². The van der Waals surface area contributed by atoms with Crippen LogP contribution in [0.3, 0.4) is 0 Å². The minimum Gasteiger partial charge on any atom is -0.356 e. The number of benzene rings is 1. The third-order valence-electron chi connectivity index (χ3n) is 4.31. The maximum Gasteiger partial charge on any atom is 0.226 e. The Bertz CT molecular complexity index is 697. The van der Waals surface area contributed by atoms with Crippen LogP contribution in [0.4, 0.5) is 0 Å². The van der Waals surface area contributed by atoms with E-state index in [2.05, 4.69) is 77.7 Å². The van der Waals surface area contributed by atoms with Gasteiger partial charge in [0.2, 0.25) is 5.89 Å². The van der Waals surface area contributed by atoms with Gasteiger partial charge in [-0.1, -0.05) is 55.8 Å². The van der Waals surface area contributed by atoms with Crippen molar-refractivity contribution in [3.8, 4) is 0 Å². The van der Waals surface area contributed by atoms with E-state index in [1.54, 1.807) is 7.05 Å². The summed E-state index contributed by atoms with van der Waals surface area (Å²) < 4.78 is 5.26. The van der Waals surface area contributed by atoms with Crippen LogP contribution < -0.4 is 10.6 Å². The van der Waals surface area contributed by atoms with Crippen molar-refractivity contribution in [2.45, 2.75) is 52.4 Å². The standard InChI is InChI=1S/C20H31N5O.HI/c1-14(2)19-24-18(26-25-19)7-6-12-22-20(21-5)23-13-16(4)17-10-8-15(3)9-11-17;/h8-11,14,16H,6-7,12-13H2,1-5H3,(H2,21,22,23);1H. The van der Waals surface area contributed by atoms with Gasteiger partial charge in [0.15, 0.2) is 11.8 Å². The molecule has 0 aliphatic heterocycles. The monoisotopic (exact) mass is 485 g/mol. The Morgan fingerprint density at radius 1 is 1.15 bits per heavy atom. The number of halogens is 1. The van der Waals surface area contributed by atoms with Crippen LogP contribution in [0.2, 0.25) is 0 Å². The molecule has 0 saturated heterocycles. The first-order valence-corrected chi connectivity index (χ1v) is 9.33. The molecule has 1 aromatic heterocycles. The zero-order chi connectivity index (χ0) is 18.9. The molecule has 1 atom stereocenters. The molecule has 0 bridgehead atoms. The largest absolute Gasteiger partial charge is 0.356 e. The average Bonchev–Trinajstić information content (AvgIpc) is 3.10. The Morgan fingerprint density at radius 2 is 1.85 bits per heavy atom. The van der Waals surface area contributed by atoms with Gasteiger partial charge in [0.1, 0.15) is 0 Å². The van der Waals surface area contributed by atoms with Crippen molar-refractivity contribution in [3.05, 3.63) is 47.1 Å². The molecule has 1 aromatic carbocycles. The van der Waals surface area contributed by atoms with Gasteiger partial charge in [-0.2, -0.15) is 4.98 Å². The maximum atomic E-state index is 5.26. The highest BCUT2D eigenvalue weighted by atomic mass is 127. The number of hydrogen-bond acceptors (Lipinski definition) is 4. The van der Waals surface area contributed by atoms with E-state index in [-0.39, 0.29) is 24.0 Å². The zero-order valence-corrected chi connectivity index (χ0v) is 19.3. The quantitative estimate of drug-likeness (QED) is 0.256. The summed E-state index contributed by atoms with van der Waals surface area (Å²) in [6.45, 7) is 10.1. The highest BCUT2D eigenvalue weighted by molar-refractivity contribution is 14.0. The molecule has 7 heteroatoms. The summed E-state index contributed by atoms with van der Waals surface area (Å²) in [5.74, 6) is 3.01. The van der Waals surface area contributed by atoms with Gasteiger partial charge in [-0.05, 0) is 24.8 Å². The Balaban J connectivity index is 0.00000364. The summed E-state index contributed by atoms with van der Waals surface area (Å²) in [7, 11) is 1.79. The highest BCUT2D eigenvalue weighted by Gasteiger charge is 2.10. The first-order chi connectivity index (χ1) is 12.5. The van der Waals surface area contributed by atoms with Crippen LogP contribution in [0.5, 0.6) is 0 Å². The molecule has 2 N–H and O–H groups in total. The third kappa shape index (κ3) is 7.86. The van der Waals surface area contributed by atoms with Crippen molar-refractivity contribution in [1.29, 1.82) is 0 Å². The van der Waals surface area contributed by atoms with Crippen LogP contribution >= 0.6 is 24.0 Å². The van der Waals surface area contributed by atoms with E-state index in [9.17, 15) is 0 Å². The molecular weight excluding hydrogens is 453 g/mol. The summed E-state index contributed by atoms with van der Waals surface area (Å²) in [5, 5.41) is 10.7. The van der Waals surface area contributed by atoms with Gasteiger partial charge < -0.3 is 15.2 Å². The number of nitrogens with zero attached hydrogens (tertiary/aromatic N) is 3. The molecule has 27 heavy (non-hydrogen) atoms. The van der Waals surface area contributed by atoms with Crippen molar-refractivity contribution >= 4 is 29.9 Å². The molecule has 6 nitrogen and oxygen atoms in total. The summed E-state index contributed by atoms with van der Waals surface area (Å²) in [4.78, 5) is 8.68. The van der Waals surface area contributed by atoms with Crippen LogP contribution in [-0.4, -0.2) is 36.2 Å². The minimum absolute atomic E-state index is 0. The van der Waals surface area contributed by atoms with E-state index in [0.717, 1.165) is 37.7 Å². The molecule has 0 aliphatic rings. The lowest BCUT2D eigenvalue weighted by atomic mass is 10.0. The Hall–Kier alpha value is -1.64. The second-order valence-corrected chi connectivity index (χ2v) is 7.00. The molecule has 0 spiro atoms. The minimum atomic E-state index is 0. The van der Waals surface area contributed by atoms with E-state index < -0.39 is 0 Å². The second-order valence-electron chi connectivity index (χ2n) is 7.00. The second kappa shape index (κ2) is 11.9. The highest BCUT2D eigenvalue weighted by Crippen LogP contribution is 2.14. The number of guanidine groups is 1. The molecule has 1 unspecified atom stereocenters. The normalized spacial score (nSPS) is 12.6. The first-order valence-electron chi connectivity index (χ1n) is 9.33. The molecule has 2 aromatic rings. The fraction of sp³-hybridized carbons (Fsp3) is 0.550. The molecule has 0 radical (unpaired) electrons. The summed E-state index contributed by atoms with van der Waals surface area (Å²) >= 11 is 0. The fourth-order valence-electron chi connectivity index (χ4n) is 2.53. The molecule has 150 valence electrons. The third-order valence-corrected chi connectivity index (χ3v) is 4.31. The van der Waals surface area contributed by atoms with Gasteiger partial charge in [-0.15, -0.1) is 24.0 Å². The smallest absolute Gasteiger partial charge is 0.226 e. The SMILES string of the molecule is CN=C(NCCCc1nc(C(C)C)no1)NCC(C)c1ccc(C)cc1.I. The Kier molecular flexibility index (Phi) is 10.4. The van der Waals surface area contributed by atoms with Crippen molar-refractivity contribution < 1.29 is 4.52 Å². The molecule has 0 amide bonds. The molecular formula is C20H32IN5O. The van der Waals surface area contributed by atoms with Crippen molar-refractivity contribution in [2.75, 3.05) is 20.1 Å². The van der Waals surface area contributed by atoms with Crippen LogP contribution in [-0.2, 0) is 6.42 Å². The number of aromatic nitrogens is 2. The molecule has 0 fully saturated rings. The van der Waals surface area contributed by atoms with Gasteiger partial charge in [-0.3, -0.25) is 4.99 Å². The predicted molar refractivity (Wildman–Crippen MR) is 121 cm³/mol. The number of hydrogen-bond donors (Lipinski definition) is 2. The molecule has 2 rings (SSSR count). The van der Waals surface area contributed by atoms with E-state index >= 15 is 0 Å². The van der Waals surface area contributed by atoms with E-state index in [1.807, 2.05) is 0 Å². The lowest BCUT2D eigenvalue weighted by Gasteiger charge is -2.16. The molecule has 1 heterocycles. The number of nitrogens with one attached hydrogen (secondary N) is 2. The van der Waals surface area contributed by atoms with Crippen LogP contribution in [0, 0.1) is 6.92 Å². The predicted octanol–water partition coefficient (Wildman–Crippen LogP) is 4.02. The van der Waals surface area contributed by atoms with Gasteiger partial charge in [0, 0.05) is 32.5 Å². The van der Waals surface area contributed by atoms with E-state index in [0.29, 0.717) is 17.7 Å². The topological polar surface area (TPSA) is 75.3 Å². The van der Waals surface area contributed by atoms with Gasteiger partial charge in [-0.25, -0.2) is 0 Å². The Labute approximate surface area is 179 Å². The van der Waals surface area contributed by atoms with Gasteiger partial charge >= 0.3 is 0 Å². The first kappa shape index (κ1) is 23.4. The molecule has 0 saturated carbocycles. The van der Waals surface area contributed by atoms with Crippen LogP contribution in [0.1, 0.15) is 61.9 Å². The lowest BCUT2D eigenvalue weighted by molar-refractivity contribution is 0.368.